The van der Waals surface area contributed by atoms with Crippen LogP contribution in [0.2, 0.25) is 0 Å². The zero-order valence-corrected chi connectivity index (χ0v) is 12.6. The highest BCUT2D eigenvalue weighted by molar-refractivity contribution is 5.95. The molecule has 1 aromatic heterocycles. The van der Waals surface area contributed by atoms with Gasteiger partial charge in [0.15, 0.2) is 0 Å². The molecule has 120 valence electrons. The molecule has 7 nitrogen and oxygen atoms in total. The SMILES string of the molecule is O=C(NNC(=O)C1CCCO1)c1ccc(Cn2ccnc2)cc1. The lowest BCUT2D eigenvalue weighted by Gasteiger charge is -2.11. The Balaban J connectivity index is 1.52. The molecule has 0 saturated carbocycles. The Labute approximate surface area is 133 Å². The second-order valence-corrected chi connectivity index (χ2v) is 5.38. The molecule has 23 heavy (non-hydrogen) atoms. The maximum absolute atomic E-state index is 12.0. The molecule has 0 bridgehead atoms. The number of aromatic nitrogens is 2. The Morgan fingerprint density at radius 1 is 1.26 bits per heavy atom. The average molecular weight is 314 g/mol. The van der Waals surface area contributed by atoms with E-state index >= 15 is 0 Å². The van der Waals surface area contributed by atoms with Crippen LogP contribution in [0.3, 0.4) is 0 Å². The van der Waals surface area contributed by atoms with Gasteiger partial charge < -0.3 is 9.30 Å². The fraction of sp³-hybridized carbons (Fsp3) is 0.312. The predicted molar refractivity (Wildman–Crippen MR) is 82.4 cm³/mol. The lowest BCUT2D eigenvalue weighted by molar-refractivity contribution is -0.130. The molecular formula is C16H18N4O3. The van der Waals surface area contributed by atoms with Crippen LogP contribution < -0.4 is 10.9 Å². The van der Waals surface area contributed by atoms with Gasteiger partial charge in [-0.25, -0.2) is 4.98 Å². The molecule has 0 radical (unpaired) electrons. The van der Waals surface area contributed by atoms with Crippen molar-refractivity contribution in [3.8, 4) is 0 Å². The highest BCUT2D eigenvalue weighted by atomic mass is 16.5. The summed E-state index contributed by atoms with van der Waals surface area (Å²) < 4.78 is 7.19. The summed E-state index contributed by atoms with van der Waals surface area (Å²) in [6, 6.07) is 7.19. The van der Waals surface area contributed by atoms with Crippen molar-refractivity contribution in [1.82, 2.24) is 20.4 Å². The van der Waals surface area contributed by atoms with Gasteiger partial charge in [-0.15, -0.1) is 0 Å². The quantitative estimate of drug-likeness (QED) is 0.820. The fourth-order valence-electron chi connectivity index (χ4n) is 2.41. The van der Waals surface area contributed by atoms with Crippen molar-refractivity contribution in [2.75, 3.05) is 6.61 Å². The lowest BCUT2D eigenvalue weighted by Crippen LogP contribution is -2.46. The molecule has 0 aliphatic carbocycles. The minimum atomic E-state index is -0.465. The second kappa shape index (κ2) is 7.06. The number of nitrogens with zero attached hydrogens (tertiary/aromatic N) is 2. The zero-order chi connectivity index (χ0) is 16.1. The van der Waals surface area contributed by atoms with Crippen LogP contribution in [0.25, 0.3) is 0 Å². The molecule has 0 spiro atoms. The number of hydrazine groups is 1. The van der Waals surface area contributed by atoms with Crippen molar-refractivity contribution in [2.24, 2.45) is 0 Å². The zero-order valence-electron chi connectivity index (χ0n) is 12.6. The summed E-state index contributed by atoms with van der Waals surface area (Å²) in [7, 11) is 0. The number of amides is 2. The Morgan fingerprint density at radius 3 is 2.74 bits per heavy atom. The molecule has 2 heterocycles. The number of hydrogen-bond acceptors (Lipinski definition) is 4. The maximum atomic E-state index is 12.0. The lowest BCUT2D eigenvalue weighted by atomic mass is 10.1. The number of benzene rings is 1. The van der Waals surface area contributed by atoms with Gasteiger partial charge in [0.1, 0.15) is 6.10 Å². The number of rotatable bonds is 4. The van der Waals surface area contributed by atoms with E-state index in [0.717, 1.165) is 12.0 Å². The molecule has 7 heteroatoms. The van der Waals surface area contributed by atoms with E-state index in [-0.39, 0.29) is 11.8 Å². The van der Waals surface area contributed by atoms with Gasteiger partial charge in [0.25, 0.3) is 11.8 Å². The van der Waals surface area contributed by atoms with Crippen LogP contribution in [0.5, 0.6) is 0 Å². The van der Waals surface area contributed by atoms with Crippen LogP contribution in [0, 0.1) is 0 Å². The average Bonchev–Trinajstić information content (AvgIpc) is 3.26. The van der Waals surface area contributed by atoms with Gasteiger partial charge in [-0.3, -0.25) is 20.4 Å². The summed E-state index contributed by atoms with van der Waals surface area (Å²) in [5, 5.41) is 0. The second-order valence-electron chi connectivity index (χ2n) is 5.38. The van der Waals surface area contributed by atoms with Crippen molar-refractivity contribution >= 4 is 11.8 Å². The van der Waals surface area contributed by atoms with Crippen molar-refractivity contribution in [3.63, 3.8) is 0 Å². The Kier molecular flexibility index (Phi) is 4.68. The third-order valence-corrected chi connectivity index (χ3v) is 3.66. The van der Waals surface area contributed by atoms with E-state index < -0.39 is 6.10 Å². The number of imidazole rings is 1. The number of nitrogens with one attached hydrogen (secondary N) is 2. The molecule has 1 unspecified atom stereocenters. The molecule has 1 atom stereocenters. The van der Waals surface area contributed by atoms with E-state index in [4.69, 9.17) is 4.74 Å². The molecular weight excluding hydrogens is 296 g/mol. The van der Waals surface area contributed by atoms with Gasteiger partial charge in [-0.2, -0.15) is 0 Å². The monoisotopic (exact) mass is 314 g/mol. The van der Waals surface area contributed by atoms with Gasteiger partial charge in [0.05, 0.1) is 6.33 Å². The van der Waals surface area contributed by atoms with Crippen LogP contribution in [-0.2, 0) is 16.1 Å². The largest absolute Gasteiger partial charge is 0.368 e. The Hall–Kier alpha value is -2.67. The van der Waals surface area contributed by atoms with Gasteiger partial charge in [0, 0.05) is 31.1 Å². The summed E-state index contributed by atoms with van der Waals surface area (Å²) in [6.45, 7) is 1.28. The van der Waals surface area contributed by atoms with Gasteiger partial charge in [0.2, 0.25) is 0 Å². The maximum Gasteiger partial charge on any atom is 0.269 e. The van der Waals surface area contributed by atoms with Crippen molar-refractivity contribution < 1.29 is 14.3 Å². The van der Waals surface area contributed by atoms with Crippen molar-refractivity contribution in [3.05, 3.63) is 54.1 Å². The van der Waals surface area contributed by atoms with E-state index in [1.807, 2.05) is 22.9 Å². The summed E-state index contributed by atoms with van der Waals surface area (Å²) in [6.07, 6.45) is 6.42. The first-order valence-electron chi connectivity index (χ1n) is 7.49. The highest BCUT2D eigenvalue weighted by Gasteiger charge is 2.23. The minimum absolute atomic E-state index is 0.312. The fourth-order valence-corrected chi connectivity index (χ4v) is 2.41. The summed E-state index contributed by atoms with van der Waals surface area (Å²) in [4.78, 5) is 27.7. The minimum Gasteiger partial charge on any atom is -0.368 e. The van der Waals surface area contributed by atoms with Crippen LogP contribution in [0.15, 0.2) is 43.0 Å². The van der Waals surface area contributed by atoms with E-state index in [1.54, 1.807) is 24.7 Å². The summed E-state index contributed by atoms with van der Waals surface area (Å²) >= 11 is 0. The molecule has 1 saturated heterocycles. The first kappa shape index (κ1) is 15.2. The predicted octanol–water partition coefficient (Wildman–Crippen LogP) is 0.871. The Bertz CT molecular complexity index is 661. The molecule has 1 aromatic carbocycles. The van der Waals surface area contributed by atoms with Crippen LogP contribution in [0.1, 0.15) is 28.8 Å². The van der Waals surface area contributed by atoms with Crippen LogP contribution in [0.4, 0.5) is 0 Å². The highest BCUT2D eigenvalue weighted by Crippen LogP contribution is 2.11. The van der Waals surface area contributed by atoms with E-state index in [9.17, 15) is 9.59 Å². The Morgan fingerprint density at radius 2 is 2.09 bits per heavy atom. The van der Waals surface area contributed by atoms with Gasteiger partial charge in [-0.05, 0) is 30.5 Å². The third kappa shape index (κ3) is 3.95. The van der Waals surface area contributed by atoms with E-state index in [2.05, 4.69) is 15.8 Å². The summed E-state index contributed by atoms with van der Waals surface area (Å²) in [5.74, 6) is -0.668. The summed E-state index contributed by atoms with van der Waals surface area (Å²) in [5.41, 5.74) is 6.34. The number of hydrogen-bond donors (Lipinski definition) is 2. The molecule has 2 amide bonds. The first-order chi connectivity index (χ1) is 11.2. The smallest absolute Gasteiger partial charge is 0.269 e. The van der Waals surface area contributed by atoms with Crippen molar-refractivity contribution in [2.45, 2.75) is 25.5 Å². The third-order valence-electron chi connectivity index (χ3n) is 3.66. The van der Waals surface area contributed by atoms with Crippen LogP contribution >= 0.6 is 0 Å². The van der Waals surface area contributed by atoms with Crippen LogP contribution in [-0.4, -0.2) is 34.1 Å². The topological polar surface area (TPSA) is 85.3 Å². The molecule has 2 aromatic rings. The number of carbonyl (C=O) groups excluding carboxylic acids is 2. The van der Waals surface area contributed by atoms with Gasteiger partial charge in [-0.1, -0.05) is 12.1 Å². The van der Waals surface area contributed by atoms with E-state index in [1.165, 1.54) is 0 Å². The number of carbonyl (C=O) groups is 2. The van der Waals surface area contributed by atoms with Crippen molar-refractivity contribution in [1.29, 1.82) is 0 Å². The molecule has 1 fully saturated rings. The molecule has 1 aliphatic rings. The molecule has 3 rings (SSSR count). The molecule has 2 N–H and O–H groups in total. The normalized spacial score (nSPS) is 17.0. The number of ether oxygens (including phenoxy) is 1. The molecule has 1 aliphatic heterocycles. The first-order valence-corrected chi connectivity index (χ1v) is 7.49. The van der Waals surface area contributed by atoms with Gasteiger partial charge >= 0.3 is 0 Å². The standard InChI is InChI=1S/C16H18N4O3/c21-15(18-19-16(22)14-2-1-9-23-14)13-5-3-12(4-6-13)10-20-8-7-17-11-20/h3-8,11,14H,1-2,9-10H2,(H,18,21)(H,19,22). The van der Waals surface area contributed by atoms with E-state index in [0.29, 0.717) is 25.1 Å².